The first-order valence-corrected chi connectivity index (χ1v) is 6.01. The van der Waals surface area contributed by atoms with Gasteiger partial charge in [-0.05, 0) is 31.6 Å². The number of hydrogen-bond acceptors (Lipinski definition) is 3. The van der Waals surface area contributed by atoms with Crippen LogP contribution in [0.15, 0.2) is 0 Å². The molecule has 1 heterocycles. The minimum absolute atomic E-state index is 0.287. The van der Waals surface area contributed by atoms with Gasteiger partial charge in [0.25, 0.3) is 0 Å². The summed E-state index contributed by atoms with van der Waals surface area (Å²) in [6.07, 6.45) is 2.61. The molecule has 0 aliphatic heterocycles. The maximum Gasteiger partial charge on any atom is 0.341 e. The number of carboxylic acid groups (broad SMARTS) is 1. The number of aromatic nitrogens is 2. The van der Waals surface area contributed by atoms with E-state index in [0.717, 1.165) is 12.5 Å². The molecule has 0 amide bonds. The van der Waals surface area contributed by atoms with E-state index in [-0.39, 0.29) is 5.56 Å². The van der Waals surface area contributed by atoms with Crippen LogP contribution in [0.5, 0.6) is 0 Å². The summed E-state index contributed by atoms with van der Waals surface area (Å²) in [6.45, 7) is 4.73. The molecule has 0 saturated heterocycles. The number of nitrogens with zero attached hydrogens (tertiary/aromatic N) is 2. The average molecular weight is 237 g/mol. The molecule has 1 unspecified atom stereocenters. The van der Waals surface area contributed by atoms with Crippen LogP contribution >= 0.6 is 0 Å². The third kappa shape index (κ3) is 2.43. The number of aromatic carboxylic acids is 1. The summed E-state index contributed by atoms with van der Waals surface area (Å²) in [7, 11) is 1.77. The van der Waals surface area contributed by atoms with Crippen LogP contribution in [0.2, 0.25) is 0 Å². The van der Waals surface area contributed by atoms with Gasteiger partial charge in [-0.2, -0.15) is 5.10 Å². The van der Waals surface area contributed by atoms with E-state index < -0.39 is 5.97 Å². The SMILES string of the molecule is Cc1nn(C)c(NCC(C)C2CC2)c1C(=O)O. The van der Waals surface area contributed by atoms with E-state index in [9.17, 15) is 4.79 Å². The first kappa shape index (κ1) is 12.0. The van der Waals surface area contributed by atoms with Crippen molar-refractivity contribution in [2.45, 2.75) is 26.7 Å². The summed E-state index contributed by atoms with van der Waals surface area (Å²) in [5.41, 5.74) is 0.845. The minimum Gasteiger partial charge on any atom is -0.477 e. The van der Waals surface area contributed by atoms with Gasteiger partial charge in [-0.25, -0.2) is 4.79 Å². The van der Waals surface area contributed by atoms with Crippen molar-refractivity contribution in [1.82, 2.24) is 9.78 Å². The van der Waals surface area contributed by atoms with Crippen LogP contribution in [0.25, 0.3) is 0 Å². The minimum atomic E-state index is -0.919. The zero-order valence-electron chi connectivity index (χ0n) is 10.5. The summed E-state index contributed by atoms with van der Waals surface area (Å²) >= 11 is 0. The zero-order valence-corrected chi connectivity index (χ0v) is 10.5. The second-order valence-electron chi connectivity index (χ2n) is 4.93. The molecule has 1 saturated carbocycles. The van der Waals surface area contributed by atoms with E-state index in [1.54, 1.807) is 18.7 Å². The molecule has 5 nitrogen and oxygen atoms in total. The average Bonchev–Trinajstić information content (AvgIpc) is 3.02. The Bertz CT molecular complexity index is 435. The Balaban J connectivity index is 2.10. The van der Waals surface area contributed by atoms with Gasteiger partial charge < -0.3 is 10.4 Å². The molecular weight excluding hydrogens is 218 g/mol. The van der Waals surface area contributed by atoms with Gasteiger partial charge in [0.05, 0.1) is 5.69 Å². The maximum absolute atomic E-state index is 11.2. The van der Waals surface area contributed by atoms with Crippen molar-refractivity contribution >= 4 is 11.8 Å². The molecule has 1 aliphatic rings. The fraction of sp³-hybridized carbons (Fsp3) is 0.667. The molecule has 2 N–H and O–H groups in total. The highest BCUT2D eigenvalue weighted by Gasteiger charge is 2.28. The van der Waals surface area contributed by atoms with Crippen LogP contribution in [0.3, 0.4) is 0 Å². The lowest BCUT2D eigenvalue weighted by Gasteiger charge is -2.13. The second kappa shape index (κ2) is 4.39. The van der Waals surface area contributed by atoms with Crippen molar-refractivity contribution in [1.29, 1.82) is 0 Å². The number of aryl methyl sites for hydroxylation is 2. The lowest BCUT2D eigenvalue weighted by atomic mass is 10.1. The number of nitrogens with one attached hydrogen (secondary N) is 1. The van der Waals surface area contributed by atoms with Gasteiger partial charge in [-0.1, -0.05) is 6.92 Å². The largest absolute Gasteiger partial charge is 0.477 e. The van der Waals surface area contributed by atoms with Crippen molar-refractivity contribution in [3.63, 3.8) is 0 Å². The van der Waals surface area contributed by atoms with E-state index in [1.165, 1.54) is 12.8 Å². The van der Waals surface area contributed by atoms with E-state index in [1.807, 2.05) is 0 Å². The monoisotopic (exact) mass is 237 g/mol. The smallest absolute Gasteiger partial charge is 0.341 e. The molecule has 1 aliphatic carbocycles. The Morgan fingerprint density at radius 3 is 2.82 bits per heavy atom. The van der Waals surface area contributed by atoms with Gasteiger partial charge in [0.2, 0.25) is 0 Å². The van der Waals surface area contributed by atoms with E-state index in [4.69, 9.17) is 5.11 Å². The van der Waals surface area contributed by atoms with Gasteiger partial charge in [0.1, 0.15) is 11.4 Å². The highest BCUT2D eigenvalue weighted by molar-refractivity contribution is 5.94. The van der Waals surface area contributed by atoms with Crippen LogP contribution < -0.4 is 5.32 Å². The van der Waals surface area contributed by atoms with E-state index in [0.29, 0.717) is 17.4 Å². The summed E-state index contributed by atoms with van der Waals surface area (Å²) in [5.74, 6) is 1.09. The lowest BCUT2D eigenvalue weighted by Crippen LogP contribution is -2.16. The molecule has 5 heteroatoms. The predicted octanol–water partition coefficient (Wildman–Crippen LogP) is 1.88. The van der Waals surface area contributed by atoms with Gasteiger partial charge in [0.15, 0.2) is 0 Å². The number of rotatable bonds is 5. The Morgan fingerprint density at radius 1 is 1.65 bits per heavy atom. The first-order chi connectivity index (χ1) is 8.00. The molecule has 94 valence electrons. The third-order valence-corrected chi connectivity index (χ3v) is 3.45. The zero-order chi connectivity index (χ0) is 12.6. The van der Waals surface area contributed by atoms with Gasteiger partial charge in [0, 0.05) is 13.6 Å². The molecule has 1 fully saturated rings. The summed E-state index contributed by atoms with van der Waals surface area (Å²) in [4.78, 5) is 11.2. The van der Waals surface area contributed by atoms with Crippen LogP contribution in [0.1, 0.15) is 35.8 Å². The highest BCUT2D eigenvalue weighted by atomic mass is 16.4. The fourth-order valence-electron chi connectivity index (χ4n) is 2.21. The van der Waals surface area contributed by atoms with Crippen molar-refractivity contribution < 1.29 is 9.90 Å². The Hall–Kier alpha value is -1.52. The quantitative estimate of drug-likeness (QED) is 0.820. The van der Waals surface area contributed by atoms with Gasteiger partial charge >= 0.3 is 5.97 Å². The lowest BCUT2D eigenvalue weighted by molar-refractivity contribution is 0.0697. The van der Waals surface area contributed by atoms with Crippen molar-refractivity contribution in [3.05, 3.63) is 11.3 Å². The van der Waals surface area contributed by atoms with E-state index in [2.05, 4.69) is 17.3 Å². The number of hydrogen-bond donors (Lipinski definition) is 2. The van der Waals surface area contributed by atoms with E-state index >= 15 is 0 Å². The summed E-state index contributed by atoms with van der Waals surface area (Å²) < 4.78 is 1.61. The van der Waals surface area contributed by atoms with Gasteiger partial charge in [-0.3, -0.25) is 4.68 Å². The molecule has 0 aromatic carbocycles. The first-order valence-electron chi connectivity index (χ1n) is 6.01. The Kier molecular flexibility index (Phi) is 3.09. The second-order valence-corrected chi connectivity index (χ2v) is 4.93. The highest BCUT2D eigenvalue weighted by Crippen LogP contribution is 2.36. The Labute approximate surface area is 101 Å². The molecule has 1 aromatic heterocycles. The fourth-order valence-corrected chi connectivity index (χ4v) is 2.21. The van der Waals surface area contributed by atoms with Crippen molar-refractivity contribution in [3.8, 4) is 0 Å². The Morgan fingerprint density at radius 2 is 2.29 bits per heavy atom. The summed E-state index contributed by atoms with van der Waals surface area (Å²) in [5, 5.41) is 16.5. The maximum atomic E-state index is 11.2. The molecule has 1 aromatic rings. The molecule has 0 radical (unpaired) electrons. The van der Waals surface area contributed by atoms with Crippen LogP contribution in [-0.2, 0) is 7.05 Å². The summed E-state index contributed by atoms with van der Waals surface area (Å²) in [6, 6.07) is 0. The number of carboxylic acids is 1. The molecule has 2 rings (SSSR count). The third-order valence-electron chi connectivity index (χ3n) is 3.45. The van der Waals surface area contributed by atoms with Crippen molar-refractivity contribution in [2.75, 3.05) is 11.9 Å². The molecule has 0 spiro atoms. The molecule has 0 bridgehead atoms. The predicted molar refractivity (Wildman–Crippen MR) is 65.3 cm³/mol. The van der Waals surface area contributed by atoms with Crippen molar-refractivity contribution in [2.24, 2.45) is 18.9 Å². The molecule has 17 heavy (non-hydrogen) atoms. The molecule has 1 atom stereocenters. The number of carbonyl (C=O) groups is 1. The van der Waals surface area contributed by atoms with Gasteiger partial charge in [-0.15, -0.1) is 0 Å². The number of anilines is 1. The standard InChI is InChI=1S/C12H19N3O2/c1-7(9-4-5-9)6-13-11-10(12(16)17)8(2)14-15(11)3/h7,9,13H,4-6H2,1-3H3,(H,16,17). The normalized spacial score (nSPS) is 16.9. The topological polar surface area (TPSA) is 67.2 Å². The molecular formula is C12H19N3O2. The van der Waals surface area contributed by atoms with Crippen LogP contribution in [0.4, 0.5) is 5.82 Å². The van der Waals surface area contributed by atoms with Crippen LogP contribution in [-0.4, -0.2) is 27.4 Å². The van der Waals surface area contributed by atoms with Crippen LogP contribution in [0, 0.1) is 18.8 Å².